The van der Waals surface area contributed by atoms with Crippen molar-refractivity contribution >= 4 is 5.78 Å². The Bertz CT molecular complexity index is 397. The smallest absolute Gasteiger partial charge is 0.148 e. The van der Waals surface area contributed by atoms with Crippen LogP contribution in [0.3, 0.4) is 0 Å². The van der Waals surface area contributed by atoms with Crippen LogP contribution in [0.4, 0.5) is 0 Å². The predicted octanol–water partition coefficient (Wildman–Crippen LogP) is 2.63. The average molecular weight is 229 g/mol. The normalized spacial score (nSPS) is 25.4. The van der Waals surface area contributed by atoms with Gasteiger partial charge in [0, 0.05) is 19.0 Å². The number of rotatable bonds is 4. The number of hydrogen-bond donors (Lipinski definition) is 0. The summed E-state index contributed by atoms with van der Waals surface area (Å²) in [6, 6.07) is 11.0. The van der Waals surface area contributed by atoms with Crippen LogP contribution in [0, 0.1) is 5.92 Å². The maximum atomic E-state index is 11.6. The van der Waals surface area contributed by atoms with Gasteiger partial charge in [0.1, 0.15) is 5.78 Å². The molecule has 2 nitrogen and oxygen atoms in total. The SMILES string of the molecule is O=C1CC(CC2CC2)N(Cc2ccccc2)C1. The first kappa shape index (κ1) is 11.0. The molecule has 1 saturated carbocycles. The van der Waals surface area contributed by atoms with E-state index in [1.807, 2.05) is 6.07 Å². The zero-order valence-electron chi connectivity index (χ0n) is 10.1. The van der Waals surface area contributed by atoms with Gasteiger partial charge >= 0.3 is 0 Å². The second-order valence-electron chi connectivity index (χ2n) is 5.47. The molecule has 1 heterocycles. The second kappa shape index (κ2) is 4.61. The summed E-state index contributed by atoms with van der Waals surface area (Å²) in [5, 5.41) is 0. The number of carbonyl (C=O) groups is 1. The summed E-state index contributed by atoms with van der Waals surface area (Å²) in [5.41, 5.74) is 1.32. The van der Waals surface area contributed by atoms with Gasteiger partial charge in [0.05, 0.1) is 6.54 Å². The van der Waals surface area contributed by atoms with Crippen LogP contribution >= 0.6 is 0 Å². The molecular weight excluding hydrogens is 210 g/mol. The van der Waals surface area contributed by atoms with Gasteiger partial charge in [-0.05, 0) is 17.9 Å². The minimum atomic E-state index is 0.423. The van der Waals surface area contributed by atoms with Crippen molar-refractivity contribution in [2.24, 2.45) is 5.92 Å². The Kier molecular flexibility index (Phi) is 2.98. The lowest BCUT2D eigenvalue weighted by atomic mass is 10.1. The van der Waals surface area contributed by atoms with Crippen molar-refractivity contribution in [2.45, 2.75) is 38.3 Å². The van der Waals surface area contributed by atoms with E-state index in [0.717, 1.165) is 18.9 Å². The number of hydrogen-bond acceptors (Lipinski definition) is 2. The van der Waals surface area contributed by atoms with Crippen LogP contribution in [0.5, 0.6) is 0 Å². The van der Waals surface area contributed by atoms with Gasteiger partial charge in [-0.3, -0.25) is 9.69 Å². The number of nitrogens with zero attached hydrogens (tertiary/aromatic N) is 1. The highest BCUT2D eigenvalue weighted by molar-refractivity contribution is 5.83. The molecule has 0 amide bonds. The number of likely N-dealkylation sites (tertiary alicyclic amines) is 1. The van der Waals surface area contributed by atoms with Crippen LogP contribution in [0.2, 0.25) is 0 Å². The molecule has 1 unspecified atom stereocenters. The van der Waals surface area contributed by atoms with Crippen LogP contribution in [0.15, 0.2) is 30.3 Å². The molecule has 3 rings (SSSR count). The monoisotopic (exact) mass is 229 g/mol. The quantitative estimate of drug-likeness (QED) is 0.791. The Morgan fingerprint density at radius 3 is 2.65 bits per heavy atom. The van der Waals surface area contributed by atoms with E-state index in [2.05, 4.69) is 29.2 Å². The van der Waals surface area contributed by atoms with Gasteiger partial charge in [-0.1, -0.05) is 43.2 Å². The first-order chi connectivity index (χ1) is 8.31. The number of carbonyl (C=O) groups excluding carboxylic acids is 1. The zero-order chi connectivity index (χ0) is 11.7. The summed E-state index contributed by atoms with van der Waals surface area (Å²) in [5.74, 6) is 1.33. The van der Waals surface area contributed by atoms with Gasteiger partial charge < -0.3 is 0 Å². The molecule has 1 aliphatic carbocycles. The van der Waals surface area contributed by atoms with Crippen molar-refractivity contribution in [1.82, 2.24) is 4.90 Å². The number of ketones is 1. The Hall–Kier alpha value is -1.15. The lowest BCUT2D eigenvalue weighted by Gasteiger charge is -2.23. The van der Waals surface area contributed by atoms with Gasteiger partial charge in [-0.2, -0.15) is 0 Å². The topological polar surface area (TPSA) is 20.3 Å². The fourth-order valence-corrected chi connectivity index (χ4v) is 2.79. The molecule has 1 saturated heterocycles. The Morgan fingerprint density at radius 2 is 1.94 bits per heavy atom. The molecule has 0 aromatic heterocycles. The highest BCUT2D eigenvalue weighted by Crippen LogP contribution is 2.37. The molecule has 0 N–H and O–H groups in total. The highest BCUT2D eigenvalue weighted by atomic mass is 16.1. The van der Waals surface area contributed by atoms with Crippen LogP contribution in [0.1, 0.15) is 31.2 Å². The molecule has 1 atom stereocenters. The molecule has 0 radical (unpaired) electrons. The van der Waals surface area contributed by atoms with E-state index < -0.39 is 0 Å². The van der Waals surface area contributed by atoms with E-state index >= 15 is 0 Å². The minimum Gasteiger partial charge on any atom is -0.298 e. The van der Waals surface area contributed by atoms with Crippen molar-refractivity contribution in [2.75, 3.05) is 6.54 Å². The molecule has 2 fully saturated rings. The molecular formula is C15H19NO. The fourth-order valence-electron chi connectivity index (χ4n) is 2.79. The van der Waals surface area contributed by atoms with E-state index in [9.17, 15) is 4.79 Å². The third kappa shape index (κ3) is 2.75. The molecule has 2 heteroatoms. The van der Waals surface area contributed by atoms with Gasteiger partial charge in [-0.15, -0.1) is 0 Å². The number of Topliss-reactive ketones (excluding diaryl/α,β-unsaturated/α-hetero) is 1. The van der Waals surface area contributed by atoms with Gasteiger partial charge in [-0.25, -0.2) is 0 Å². The summed E-state index contributed by atoms with van der Waals surface area (Å²) in [7, 11) is 0. The van der Waals surface area contributed by atoms with Crippen LogP contribution in [-0.4, -0.2) is 23.3 Å². The third-order valence-corrected chi connectivity index (χ3v) is 3.89. The predicted molar refractivity (Wildman–Crippen MR) is 67.6 cm³/mol. The molecule has 90 valence electrons. The molecule has 1 aromatic carbocycles. The van der Waals surface area contributed by atoms with Crippen molar-refractivity contribution in [3.8, 4) is 0 Å². The highest BCUT2D eigenvalue weighted by Gasteiger charge is 2.34. The summed E-state index contributed by atoms with van der Waals surface area (Å²) in [6.45, 7) is 1.59. The summed E-state index contributed by atoms with van der Waals surface area (Å²) in [6.07, 6.45) is 4.77. The standard InChI is InChI=1S/C15H19NO/c17-15-9-14(8-12-6-7-12)16(11-15)10-13-4-2-1-3-5-13/h1-5,12,14H,6-11H2. The third-order valence-electron chi connectivity index (χ3n) is 3.89. The average Bonchev–Trinajstić information content (AvgIpc) is 3.06. The molecule has 17 heavy (non-hydrogen) atoms. The molecule has 0 spiro atoms. The summed E-state index contributed by atoms with van der Waals surface area (Å²) in [4.78, 5) is 14.0. The van der Waals surface area contributed by atoms with Gasteiger partial charge in [0.25, 0.3) is 0 Å². The molecule has 1 aliphatic heterocycles. The van der Waals surface area contributed by atoms with E-state index in [0.29, 0.717) is 18.4 Å². The lowest BCUT2D eigenvalue weighted by Crippen LogP contribution is -2.29. The largest absolute Gasteiger partial charge is 0.298 e. The Morgan fingerprint density at radius 1 is 1.18 bits per heavy atom. The Labute approximate surface area is 103 Å². The zero-order valence-corrected chi connectivity index (χ0v) is 10.1. The van der Waals surface area contributed by atoms with Crippen molar-refractivity contribution < 1.29 is 4.79 Å². The van der Waals surface area contributed by atoms with Crippen molar-refractivity contribution in [1.29, 1.82) is 0 Å². The number of benzene rings is 1. The maximum Gasteiger partial charge on any atom is 0.148 e. The van der Waals surface area contributed by atoms with E-state index in [1.165, 1.54) is 24.8 Å². The second-order valence-corrected chi connectivity index (χ2v) is 5.47. The first-order valence-corrected chi connectivity index (χ1v) is 6.61. The van der Waals surface area contributed by atoms with E-state index in [4.69, 9.17) is 0 Å². The molecule has 2 aliphatic rings. The summed E-state index contributed by atoms with van der Waals surface area (Å²) >= 11 is 0. The van der Waals surface area contributed by atoms with Gasteiger partial charge in [0.2, 0.25) is 0 Å². The summed E-state index contributed by atoms with van der Waals surface area (Å²) < 4.78 is 0. The van der Waals surface area contributed by atoms with Crippen LogP contribution in [0.25, 0.3) is 0 Å². The first-order valence-electron chi connectivity index (χ1n) is 6.61. The van der Waals surface area contributed by atoms with Gasteiger partial charge in [0.15, 0.2) is 0 Å². The minimum absolute atomic E-state index is 0.423. The maximum absolute atomic E-state index is 11.6. The lowest BCUT2D eigenvalue weighted by molar-refractivity contribution is -0.117. The molecule has 1 aromatic rings. The van der Waals surface area contributed by atoms with Crippen LogP contribution < -0.4 is 0 Å². The fraction of sp³-hybridized carbons (Fsp3) is 0.533. The Balaban J connectivity index is 1.65. The van der Waals surface area contributed by atoms with Crippen LogP contribution in [-0.2, 0) is 11.3 Å². The van der Waals surface area contributed by atoms with Crippen molar-refractivity contribution in [3.63, 3.8) is 0 Å². The molecule has 0 bridgehead atoms. The van der Waals surface area contributed by atoms with E-state index in [1.54, 1.807) is 0 Å². The van der Waals surface area contributed by atoms with E-state index in [-0.39, 0.29) is 0 Å². The van der Waals surface area contributed by atoms with Crippen molar-refractivity contribution in [3.05, 3.63) is 35.9 Å².